The number of carbonyl (C=O) groups is 3. The Labute approximate surface area is 276 Å². The number of nitrogens with zero attached hydrogens (tertiary/aromatic N) is 2. The first-order chi connectivity index (χ1) is 22.1. The molecule has 0 spiro atoms. The number of amides is 2. The highest BCUT2D eigenvalue weighted by atomic mass is 16.7. The Kier molecular flexibility index (Phi) is 28.7. The Hall–Kier alpha value is -1.51. The summed E-state index contributed by atoms with van der Waals surface area (Å²) in [7, 11) is 0. The van der Waals surface area contributed by atoms with Crippen LogP contribution in [0.15, 0.2) is 0 Å². The number of imide groups is 1. The van der Waals surface area contributed by atoms with Crippen LogP contribution in [-0.2, 0) is 28.7 Å². The lowest BCUT2D eigenvalue weighted by Crippen LogP contribution is -2.32. The normalized spacial score (nSPS) is 13.4. The zero-order valence-corrected chi connectivity index (χ0v) is 29.5. The second-order valence-corrected chi connectivity index (χ2v) is 12.9. The lowest BCUT2D eigenvalue weighted by atomic mass is 10.1. The molecular weight excluding hydrogens is 568 g/mol. The molecule has 0 aromatic heterocycles. The van der Waals surface area contributed by atoms with Gasteiger partial charge < -0.3 is 19.2 Å². The van der Waals surface area contributed by atoms with Crippen molar-refractivity contribution >= 4 is 17.8 Å². The molecule has 8 heteroatoms. The first-order valence-corrected chi connectivity index (χ1v) is 19.0. The van der Waals surface area contributed by atoms with Crippen LogP contribution >= 0.6 is 0 Å². The average molecular weight is 639 g/mol. The van der Waals surface area contributed by atoms with E-state index in [-0.39, 0.29) is 25.9 Å². The summed E-state index contributed by atoms with van der Waals surface area (Å²) in [5.41, 5.74) is 0. The fourth-order valence-electron chi connectivity index (χ4n) is 5.75. The fourth-order valence-corrected chi connectivity index (χ4v) is 5.75. The zero-order chi connectivity index (χ0) is 32.6. The van der Waals surface area contributed by atoms with Crippen molar-refractivity contribution in [2.75, 3.05) is 46.1 Å². The van der Waals surface area contributed by atoms with Crippen molar-refractivity contribution in [2.45, 2.75) is 174 Å². The van der Waals surface area contributed by atoms with Crippen LogP contribution in [-0.4, -0.2) is 73.8 Å². The van der Waals surface area contributed by atoms with Gasteiger partial charge in [0.05, 0.1) is 19.6 Å². The number of hydrogen-bond donors (Lipinski definition) is 0. The van der Waals surface area contributed by atoms with Crippen LogP contribution in [0.5, 0.6) is 0 Å². The van der Waals surface area contributed by atoms with Crippen LogP contribution in [0.3, 0.4) is 0 Å². The predicted molar refractivity (Wildman–Crippen MR) is 183 cm³/mol. The Morgan fingerprint density at radius 1 is 0.533 bits per heavy atom. The van der Waals surface area contributed by atoms with Crippen molar-refractivity contribution in [2.24, 2.45) is 0 Å². The van der Waals surface area contributed by atoms with Gasteiger partial charge in [0.15, 0.2) is 0 Å². The Morgan fingerprint density at radius 3 is 1.40 bits per heavy atom. The van der Waals surface area contributed by atoms with Gasteiger partial charge >= 0.3 is 5.97 Å². The molecule has 0 aliphatic carbocycles. The van der Waals surface area contributed by atoms with Crippen LogP contribution in [0.1, 0.15) is 174 Å². The third-order valence-corrected chi connectivity index (χ3v) is 8.68. The third kappa shape index (κ3) is 25.3. The number of unbranched alkanes of at least 4 members (excludes halogenated alkanes) is 19. The molecule has 0 aromatic carbocycles. The van der Waals surface area contributed by atoms with E-state index in [0.717, 1.165) is 39.3 Å². The van der Waals surface area contributed by atoms with Crippen molar-refractivity contribution in [1.29, 1.82) is 0 Å². The molecule has 1 heterocycles. The summed E-state index contributed by atoms with van der Waals surface area (Å²) in [6, 6.07) is 0. The molecule has 0 atom stereocenters. The molecule has 0 unspecified atom stereocenters. The molecule has 8 nitrogen and oxygen atoms in total. The summed E-state index contributed by atoms with van der Waals surface area (Å²) in [5.74, 6) is -1.52. The standard InChI is InChI=1S/C37H70N2O6/c1-3-5-7-9-10-11-12-13-14-15-17-21-28-38(29-22-18-16-20-24-32-43-31-23-19-8-6-4-2)30-34-44-33-27-37(42)45-39-35(40)25-26-36(39)41/h3-34H2,1-2H3. The van der Waals surface area contributed by atoms with E-state index >= 15 is 0 Å². The highest BCUT2D eigenvalue weighted by Crippen LogP contribution is 2.14. The molecule has 0 N–H and O–H groups in total. The maximum Gasteiger partial charge on any atom is 0.335 e. The monoisotopic (exact) mass is 639 g/mol. The second kappa shape index (κ2) is 31.1. The van der Waals surface area contributed by atoms with Crippen LogP contribution in [0, 0.1) is 0 Å². The highest BCUT2D eigenvalue weighted by molar-refractivity contribution is 6.01. The van der Waals surface area contributed by atoms with Crippen LogP contribution < -0.4 is 0 Å². The molecule has 45 heavy (non-hydrogen) atoms. The van der Waals surface area contributed by atoms with Gasteiger partial charge in [-0.05, 0) is 38.8 Å². The van der Waals surface area contributed by atoms with Gasteiger partial charge in [0.1, 0.15) is 0 Å². The lowest BCUT2D eigenvalue weighted by molar-refractivity contribution is -0.198. The molecule has 2 amide bonds. The Morgan fingerprint density at radius 2 is 0.933 bits per heavy atom. The SMILES string of the molecule is CCCCCCCCCCCCCCN(CCCCCCCOCCCCCCC)CCOCCC(=O)ON1C(=O)CCC1=O. The van der Waals surface area contributed by atoms with Crippen molar-refractivity contribution in [3.05, 3.63) is 0 Å². The van der Waals surface area contributed by atoms with Gasteiger partial charge in [-0.3, -0.25) is 9.59 Å². The maximum absolute atomic E-state index is 12.0. The van der Waals surface area contributed by atoms with Gasteiger partial charge in [0, 0.05) is 32.6 Å². The molecule has 0 bridgehead atoms. The number of ether oxygens (including phenoxy) is 2. The summed E-state index contributed by atoms with van der Waals surface area (Å²) in [6.07, 6.45) is 29.1. The molecular formula is C37H70N2O6. The first kappa shape index (κ1) is 41.5. The third-order valence-electron chi connectivity index (χ3n) is 8.68. The number of hydroxylamine groups is 2. The van der Waals surface area contributed by atoms with Gasteiger partial charge in [0.25, 0.3) is 11.8 Å². The average Bonchev–Trinajstić information content (AvgIpc) is 3.35. The number of rotatable bonds is 34. The van der Waals surface area contributed by atoms with Gasteiger partial charge in [0.2, 0.25) is 0 Å². The summed E-state index contributed by atoms with van der Waals surface area (Å²) in [5, 5.41) is 0.599. The topological polar surface area (TPSA) is 85.4 Å². The minimum atomic E-state index is -0.607. The van der Waals surface area contributed by atoms with E-state index in [1.165, 1.54) is 135 Å². The minimum Gasteiger partial charge on any atom is -0.381 e. The minimum absolute atomic E-state index is 0.0262. The van der Waals surface area contributed by atoms with Gasteiger partial charge in [-0.2, -0.15) is 0 Å². The highest BCUT2D eigenvalue weighted by Gasteiger charge is 2.32. The van der Waals surface area contributed by atoms with Crippen molar-refractivity contribution in [3.8, 4) is 0 Å². The van der Waals surface area contributed by atoms with Crippen LogP contribution in [0.4, 0.5) is 0 Å². The largest absolute Gasteiger partial charge is 0.381 e. The van der Waals surface area contributed by atoms with Crippen LogP contribution in [0.2, 0.25) is 0 Å². The van der Waals surface area contributed by atoms with E-state index in [0.29, 0.717) is 11.7 Å². The van der Waals surface area contributed by atoms with E-state index in [9.17, 15) is 14.4 Å². The van der Waals surface area contributed by atoms with Gasteiger partial charge in [-0.1, -0.05) is 129 Å². The van der Waals surface area contributed by atoms with Crippen LogP contribution in [0.25, 0.3) is 0 Å². The molecule has 0 radical (unpaired) electrons. The van der Waals surface area contributed by atoms with E-state index in [1.54, 1.807) is 0 Å². The Bertz CT molecular complexity index is 703. The Balaban J connectivity index is 2.17. The van der Waals surface area contributed by atoms with E-state index < -0.39 is 17.8 Å². The van der Waals surface area contributed by atoms with Crippen molar-refractivity contribution in [3.63, 3.8) is 0 Å². The van der Waals surface area contributed by atoms with E-state index in [4.69, 9.17) is 14.3 Å². The van der Waals surface area contributed by atoms with E-state index in [1.807, 2.05) is 0 Å². The molecule has 1 saturated heterocycles. The van der Waals surface area contributed by atoms with Gasteiger partial charge in [-0.15, -0.1) is 5.06 Å². The molecule has 264 valence electrons. The molecule has 1 aliphatic rings. The van der Waals surface area contributed by atoms with Gasteiger partial charge in [-0.25, -0.2) is 4.79 Å². The summed E-state index contributed by atoms with van der Waals surface area (Å²) < 4.78 is 11.5. The predicted octanol–water partition coefficient (Wildman–Crippen LogP) is 8.94. The quantitative estimate of drug-likeness (QED) is 0.0514. The summed E-state index contributed by atoms with van der Waals surface area (Å²) >= 11 is 0. The number of carbonyl (C=O) groups excluding carboxylic acids is 3. The molecule has 0 aromatic rings. The lowest BCUT2D eigenvalue weighted by Gasteiger charge is -2.22. The molecule has 0 saturated carbocycles. The second-order valence-electron chi connectivity index (χ2n) is 12.9. The van der Waals surface area contributed by atoms with Crippen molar-refractivity contribution < 1.29 is 28.7 Å². The fraction of sp³-hybridized carbons (Fsp3) is 0.919. The maximum atomic E-state index is 12.0. The molecule has 1 rings (SSSR count). The summed E-state index contributed by atoms with van der Waals surface area (Å²) in [6.45, 7) is 10.1. The molecule has 1 aliphatic heterocycles. The van der Waals surface area contributed by atoms with E-state index in [2.05, 4.69) is 18.7 Å². The summed E-state index contributed by atoms with van der Waals surface area (Å²) in [4.78, 5) is 42.7. The molecule has 1 fully saturated rings. The first-order valence-electron chi connectivity index (χ1n) is 19.0. The zero-order valence-electron chi connectivity index (χ0n) is 29.5. The van der Waals surface area contributed by atoms with Crippen molar-refractivity contribution in [1.82, 2.24) is 9.96 Å². The number of hydrogen-bond acceptors (Lipinski definition) is 7. The smallest absolute Gasteiger partial charge is 0.335 e.